The van der Waals surface area contributed by atoms with E-state index in [9.17, 15) is 14.4 Å². The van der Waals surface area contributed by atoms with Crippen LogP contribution in [0.25, 0.3) is 0 Å². The van der Waals surface area contributed by atoms with Gasteiger partial charge in [0.1, 0.15) is 23.2 Å². The first kappa shape index (κ1) is 17.7. The Balaban J connectivity index is 3.01. The van der Waals surface area contributed by atoms with E-state index >= 15 is 0 Å². The molecule has 0 N–H and O–H groups in total. The van der Waals surface area contributed by atoms with Crippen LogP contribution in [0, 0.1) is 5.92 Å². The second-order valence-corrected chi connectivity index (χ2v) is 5.73. The van der Waals surface area contributed by atoms with E-state index in [1.807, 2.05) is 0 Å². The Hall–Kier alpha value is -2.37. The Morgan fingerprint density at radius 1 is 1.41 bits per heavy atom. The summed E-state index contributed by atoms with van der Waals surface area (Å²) >= 11 is 0. The maximum atomic E-state index is 12.1. The van der Waals surface area contributed by atoms with Gasteiger partial charge in [-0.2, -0.15) is 0 Å². The average Bonchev–Trinajstić information content (AvgIpc) is 2.89. The maximum Gasteiger partial charge on any atom is 0.342 e. The van der Waals surface area contributed by atoms with Crippen molar-refractivity contribution in [3.05, 3.63) is 35.8 Å². The average molecular weight is 308 g/mol. The Labute approximate surface area is 129 Å². The first-order chi connectivity index (χ1) is 10.2. The minimum atomic E-state index is -0.908. The van der Waals surface area contributed by atoms with E-state index in [4.69, 9.17) is 9.15 Å². The molecule has 1 heterocycles. The van der Waals surface area contributed by atoms with Gasteiger partial charge in [-0.05, 0) is 32.4 Å². The molecule has 0 saturated heterocycles. The Morgan fingerprint density at radius 2 is 2.05 bits per heavy atom. The van der Waals surface area contributed by atoms with Crippen LogP contribution in [-0.2, 0) is 25.5 Å². The Morgan fingerprint density at radius 3 is 2.55 bits per heavy atom. The van der Waals surface area contributed by atoms with E-state index in [1.54, 1.807) is 20.8 Å². The zero-order chi connectivity index (χ0) is 16.9. The maximum absolute atomic E-state index is 12.1. The number of aldehydes is 1. The Bertz CT molecular complexity index is 576. The summed E-state index contributed by atoms with van der Waals surface area (Å²) in [6.45, 7) is 8.77. The van der Waals surface area contributed by atoms with Crippen molar-refractivity contribution >= 4 is 18.2 Å². The molecule has 0 aliphatic rings. The number of carbonyl (C=O) groups excluding carboxylic acids is 3. The van der Waals surface area contributed by atoms with Gasteiger partial charge in [0, 0.05) is 6.42 Å². The van der Waals surface area contributed by atoms with Gasteiger partial charge in [-0.25, -0.2) is 4.79 Å². The second kappa shape index (κ2) is 7.06. The lowest BCUT2D eigenvalue weighted by Gasteiger charge is -2.19. The fourth-order valence-electron chi connectivity index (χ4n) is 1.79. The largest absolute Gasteiger partial charge is 0.469 e. The fourth-order valence-corrected chi connectivity index (χ4v) is 1.79. The van der Waals surface area contributed by atoms with Gasteiger partial charge in [0.25, 0.3) is 0 Å². The summed E-state index contributed by atoms with van der Waals surface area (Å²) in [5.41, 5.74) is -0.388. The predicted molar refractivity (Wildman–Crippen MR) is 78.3 cm³/mol. The summed E-state index contributed by atoms with van der Waals surface area (Å²) in [7, 11) is 1.21. The lowest BCUT2D eigenvalue weighted by molar-refractivity contribution is -0.144. The van der Waals surface area contributed by atoms with Gasteiger partial charge in [0.05, 0.1) is 19.3 Å². The van der Waals surface area contributed by atoms with Crippen molar-refractivity contribution in [2.75, 3.05) is 7.11 Å². The van der Waals surface area contributed by atoms with E-state index in [0.717, 1.165) is 0 Å². The van der Waals surface area contributed by atoms with Crippen molar-refractivity contribution in [1.82, 2.24) is 0 Å². The second-order valence-electron chi connectivity index (χ2n) is 5.73. The molecule has 1 aromatic heterocycles. The number of hydrogen-bond acceptors (Lipinski definition) is 6. The highest BCUT2D eigenvalue weighted by Gasteiger charge is 2.28. The molecule has 1 rings (SSSR count). The van der Waals surface area contributed by atoms with E-state index in [-0.39, 0.29) is 23.3 Å². The van der Waals surface area contributed by atoms with Crippen LogP contribution in [0.3, 0.4) is 0 Å². The minimum Gasteiger partial charge on any atom is -0.469 e. The topological polar surface area (TPSA) is 82.8 Å². The van der Waals surface area contributed by atoms with Crippen molar-refractivity contribution < 1.29 is 28.3 Å². The normalized spacial score (nSPS) is 12.4. The van der Waals surface area contributed by atoms with Gasteiger partial charge >= 0.3 is 11.9 Å². The molecule has 0 aliphatic carbocycles. The monoisotopic (exact) mass is 308 g/mol. The molecule has 6 nitrogen and oxygen atoms in total. The molecule has 1 atom stereocenters. The third-order valence-electron chi connectivity index (χ3n) is 2.84. The van der Waals surface area contributed by atoms with Gasteiger partial charge < -0.3 is 13.9 Å². The van der Waals surface area contributed by atoms with Crippen LogP contribution < -0.4 is 0 Å². The van der Waals surface area contributed by atoms with Gasteiger partial charge in [-0.3, -0.25) is 9.59 Å². The molecule has 0 aromatic carbocycles. The number of furan rings is 1. The number of ether oxygens (including phenoxy) is 2. The van der Waals surface area contributed by atoms with Crippen LogP contribution in [0.2, 0.25) is 0 Å². The summed E-state index contributed by atoms with van der Waals surface area (Å²) in [5, 5.41) is 0. The molecule has 0 spiro atoms. The minimum absolute atomic E-state index is 0.00811. The third-order valence-corrected chi connectivity index (χ3v) is 2.84. The van der Waals surface area contributed by atoms with Gasteiger partial charge in [-0.1, -0.05) is 6.58 Å². The lowest BCUT2D eigenvalue weighted by atomic mass is 9.95. The van der Waals surface area contributed by atoms with E-state index < -0.39 is 23.5 Å². The third kappa shape index (κ3) is 4.58. The predicted octanol–water partition coefficient (Wildman–Crippen LogP) is 2.32. The highest BCUT2D eigenvalue weighted by Crippen LogP contribution is 2.22. The number of carbonyl (C=O) groups is 3. The first-order valence-corrected chi connectivity index (χ1v) is 6.71. The summed E-state index contributed by atoms with van der Waals surface area (Å²) in [4.78, 5) is 34.7. The number of rotatable bonds is 6. The highest BCUT2D eigenvalue weighted by atomic mass is 16.6. The molecule has 0 bridgehead atoms. The molecule has 6 heteroatoms. The molecule has 120 valence electrons. The molecule has 0 fully saturated rings. The number of esters is 2. The highest BCUT2D eigenvalue weighted by molar-refractivity contribution is 5.91. The molecule has 1 aromatic rings. The van der Waals surface area contributed by atoms with Crippen LogP contribution in [0.1, 0.15) is 36.9 Å². The Kier molecular flexibility index (Phi) is 5.68. The van der Waals surface area contributed by atoms with Crippen molar-refractivity contribution in [3.8, 4) is 0 Å². The number of methoxy groups -OCH3 is 1. The van der Waals surface area contributed by atoms with Crippen LogP contribution in [-0.4, -0.2) is 30.9 Å². The zero-order valence-electron chi connectivity index (χ0n) is 13.2. The molecule has 0 amide bonds. The van der Waals surface area contributed by atoms with Crippen LogP contribution in [0.4, 0.5) is 0 Å². The molecule has 0 aliphatic heterocycles. The van der Waals surface area contributed by atoms with E-state index in [0.29, 0.717) is 6.29 Å². The van der Waals surface area contributed by atoms with Gasteiger partial charge in [-0.15, -0.1) is 0 Å². The van der Waals surface area contributed by atoms with Crippen molar-refractivity contribution in [2.24, 2.45) is 5.92 Å². The molecular weight excluding hydrogens is 288 g/mol. The lowest BCUT2D eigenvalue weighted by Crippen LogP contribution is -2.25. The summed E-state index contributed by atoms with van der Waals surface area (Å²) in [6.07, 6.45) is 1.80. The summed E-state index contributed by atoms with van der Waals surface area (Å²) < 4.78 is 15.2. The van der Waals surface area contributed by atoms with Crippen molar-refractivity contribution in [2.45, 2.75) is 32.8 Å². The zero-order valence-corrected chi connectivity index (χ0v) is 13.2. The standard InChI is InChI=1S/C16H20O6/c1-10(9-17)12(14(18)20-5)8-13-11(6-7-21-13)15(19)22-16(2,3)4/h6-7,9,12H,1,8H2,2-5H3. The number of hydrogen-bond donors (Lipinski definition) is 0. The van der Waals surface area contributed by atoms with Crippen molar-refractivity contribution in [3.63, 3.8) is 0 Å². The fraction of sp³-hybridized carbons (Fsp3) is 0.438. The van der Waals surface area contributed by atoms with Gasteiger partial charge in [0.15, 0.2) is 0 Å². The van der Waals surface area contributed by atoms with Crippen LogP contribution >= 0.6 is 0 Å². The van der Waals surface area contributed by atoms with Crippen molar-refractivity contribution in [1.29, 1.82) is 0 Å². The summed E-state index contributed by atoms with van der Waals surface area (Å²) in [5.74, 6) is -1.84. The molecule has 0 radical (unpaired) electrons. The van der Waals surface area contributed by atoms with E-state index in [1.165, 1.54) is 19.4 Å². The first-order valence-electron chi connectivity index (χ1n) is 6.71. The summed E-state index contributed by atoms with van der Waals surface area (Å²) in [6, 6.07) is 1.46. The molecule has 0 saturated carbocycles. The molecular formula is C16H20O6. The van der Waals surface area contributed by atoms with E-state index in [2.05, 4.69) is 11.3 Å². The smallest absolute Gasteiger partial charge is 0.342 e. The molecule has 1 unspecified atom stereocenters. The van der Waals surface area contributed by atoms with Crippen LogP contribution in [0.5, 0.6) is 0 Å². The molecule has 22 heavy (non-hydrogen) atoms. The van der Waals surface area contributed by atoms with Gasteiger partial charge in [0.2, 0.25) is 0 Å². The SMILES string of the molecule is C=C(C=O)C(Cc1occc1C(=O)OC(C)(C)C)C(=O)OC. The van der Waals surface area contributed by atoms with Crippen LogP contribution in [0.15, 0.2) is 28.9 Å². The quantitative estimate of drug-likeness (QED) is 0.455.